The Hall–Kier alpha value is -3.15. The maximum Gasteiger partial charge on any atom is 0.321 e. The summed E-state index contributed by atoms with van der Waals surface area (Å²) in [5.74, 6) is 0. The van der Waals surface area contributed by atoms with E-state index < -0.39 is 0 Å². The van der Waals surface area contributed by atoms with E-state index in [1.54, 1.807) is 35.1 Å². The lowest BCUT2D eigenvalue weighted by Gasteiger charge is -2.20. The molecule has 6 heteroatoms. The summed E-state index contributed by atoms with van der Waals surface area (Å²) in [6.07, 6.45) is 5.30. The Morgan fingerprint density at radius 3 is 2.62 bits per heavy atom. The van der Waals surface area contributed by atoms with E-state index in [2.05, 4.69) is 41.4 Å². The van der Waals surface area contributed by atoms with E-state index in [9.17, 15) is 4.79 Å². The molecule has 2 amide bonds. The second kappa shape index (κ2) is 7.82. The fourth-order valence-corrected chi connectivity index (χ4v) is 2.83. The summed E-state index contributed by atoms with van der Waals surface area (Å²) in [6, 6.07) is 11.5. The van der Waals surface area contributed by atoms with Gasteiger partial charge in [0, 0.05) is 37.9 Å². The first-order chi connectivity index (χ1) is 12.5. The number of carbonyl (C=O) groups excluding carboxylic acids is 1. The monoisotopic (exact) mass is 349 g/mol. The van der Waals surface area contributed by atoms with Gasteiger partial charge in [-0.3, -0.25) is 9.67 Å². The van der Waals surface area contributed by atoms with E-state index in [0.29, 0.717) is 13.1 Å². The van der Waals surface area contributed by atoms with Gasteiger partial charge in [-0.05, 0) is 48.7 Å². The highest BCUT2D eigenvalue weighted by molar-refractivity contribution is 5.89. The number of rotatable bonds is 5. The molecule has 0 spiro atoms. The second-order valence-electron chi connectivity index (χ2n) is 6.40. The zero-order valence-corrected chi connectivity index (χ0v) is 15.3. The Bertz CT molecular complexity index is 869. The number of hydrogen-bond donors (Lipinski definition) is 1. The van der Waals surface area contributed by atoms with Crippen LogP contribution in [0.4, 0.5) is 10.5 Å². The van der Waals surface area contributed by atoms with Crippen LogP contribution < -0.4 is 5.32 Å². The molecule has 0 saturated carbocycles. The molecule has 1 N–H and O–H groups in total. The highest BCUT2D eigenvalue weighted by Crippen LogP contribution is 2.16. The van der Waals surface area contributed by atoms with E-state index in [0.717, 1.165) is 11.4 Å². The maximum atomic E-state index is 12.5. The van der Waals surface area contributed by atoms with Crippen molar-refractivity contribution < 1.29 is 4.79 Å². The minimum absolute atomic E-state index is 0.149. The highest BCUT2D eigenvalue weighted by atomic mass is 16.2. The lowest BCUT2D eigenvalue weighted by molar-refractivity contribution is 0.220. The van der Waals surface area contributed by atoms with Crippen LogP contribution in [-0.4, -0.2) is 32.7 Å². The predicted molar refractivity (Wildman–Crippen MR) is 102 cm³/mol. The second-order valence-corrected chi connectivity index (χ2v) is 6.40. The molecular formula is C20H23N5O. The average Bonchev–Trinajstić information content (AvgIpc) is 3.11. The van der Waals surface area contributed by atoms with Crippen LogP contribution in [0.25, 0.3) is 0 Å². The molecule has 0 unspecified atom stereocenters. The number of hydrogen-bond acceptors (Lipinski definition) is 3. The van der Waals surface area contributed by atoms with Crippen molar-refractivity contribution in [3.05, 3.63) is 77.4 Å². The van der Waals surface area contributed by atoms with Crippen molar-refractivity contribution in [2.24, 2.45) is 0 Å². The van der Waals surface area contributed by atoms with Gasteiger partial charge in [-0.15, -0.1) is 0 Å². The Labute approximate surface area is 153 Å². The van der Waals surface area contributed by atoms with E-state index in [1.807, 2.05) is 24.4 Å². The molecule has 2 aromatic heterocycles. The molecule has 0 radical (unpaired) electrons. The summed E-state index contributed by atoms with van der Waals surface area (Å²) in [5, 5.41) is 7.11. The van der Waals surface area contributed by atoms with Crippen LogP contribution in [0.3, 0.4) is 0 Å². The van der Waals surface area contributed by atoms with Crippen molar-refractivity contribution in [2.45, 2.75) is 26.9 Å². The van der Waals surface area contributed by atoms with E-state index >= 15 is 0 Å². The number of nitrogens with zero attached hydrogens (tertiary/aromatic N) is 4. The van der Waals surface area contributed by atoms with Crippen LogP contribution in [0.2, 0.25) is 0 Å². The third kappa shape index (κ3) is 4.27. The molecule has 3 rings (SSSR count). The Morgan fingerprint density at radius 1 is 1.15 bits per heavy atom. The highest BCUT2D eigenvalue weighted by Gasteiger charge is 2.12. The Morgan fingerprint density at radius 2 is 1.92 bits per heavy atom. The van der Waals surface area contributed by atoms with Gasteiger partial charge in [0.25, 0.3) is 0 Å². The van der Waals surface area contributed by atoms with Gasteiger partial charge in [-0.1, -0.05) is 18.2 Å². The van der Waals surface area contributed by atoms with Crippen molar-refractivity contribution >= 4 is 11.7 Å². The smallest absolute Gasteiger partial charge is 0.321 e. The standard InChI is InChI=1S/C20H23N5O/c1-15-6-4-7-16(2)19(15)14-24(3)20(26)23-17-8-10-21-18(12-17)13-25-11-5-9-22-25/h4-12H,13-14H2,1-3H3,(H,21,23,26). The average molecular weight is 349 g/mol. The summed E-state index contributed by atoms with van der Waals surface area (Å²) in [6.45, 7) is 5.27. The number of carbonyl (C=O) groups is 1. The van der Waals surface area contributed by atoms with Gasteiger partial charge in [-0.25, -0.2) is 4.79 Å². The molecule has 0 aliphatic heterocycles. The number of aryl methyl sites for hydroxylation is 2. The lowest BCUT2D eigenvalue weighted by Crippen LogP contribution is -2.31. The predicted octanol–water partition coefficient (Wildman–Crippen LogP) is 3.61. The number of anilines is 1. The molecule has 134 valence electrons. The van der Waals surface area contributed by atoms with Gasteiger partial charge in [0.2, 0.25) is 0 Å². The van der Waals surface area contributed by atoms with E-state index in [-0.39, 0.29) is 6.03 Å². The summed E-state index contributed by atoms with van der Waals surface area (Å²) >= 11 is 0. The van der Waals surface area contributed by atoms with E-state index in [4.69, 9.17) is 0 Å². The van der Waals surface area contributed by atoms with Crippen molar-refractivity contribution in [1.82, 2.24) is 19.7 Å². The zero-order valence-electron chi connectivity index (χ0n) is 15.3. The summed E-state index contributed by atoms with van der Waals surface area (Å²) < 4.78 is 1.79. The van der Waals surface area contributed by atoms with Crippen LogP contribution in [0.15, 0.2) is 55.0 Å². The molecule has 0 fully saturated rings. The van der Waals surface area contributed by atoms with Gasteiger partial charge < -0.3 is 10.2 Å². The number of pyridine rings is 1. The normalized spacial score (nSPS) is 10.6. The third-order valence-electron chi connectivity index (χ3n) is 4.34. The SMILES string of the molecule is Cc1cccc(C)c1CN(C)C(=O)Nc1ccnc(Cn2cccn2)c1. The summed E-state index contributed by atoms with van der Waals surface area (Å²) in [4.78, 5) is 18.6. The summed E-state index contributed by atoms with van der Waals surface area (Å²) in [5.41, 5.74) is 5.12. The third-order valence-corrected chi connectivity index (χ3v) is 4.34. The van der Waals surface area contributed by atoms with Gasteiger partial charge in [-0.2, -0.15) is 5.10 Å². The van der Waals surface area contributed by atoms with Crippen molar-refractivity contribution in [3.8, 4) is 0 Å². The van der Waals surface area contributed by atoms with Gasteiger partial charge in [0.15, 0.2) is 0 Å². The first-order valence-electron chi connectivity index (χ1n) is 8.52. The first-order valence-corrected chi connectivity index (χ1v) is 8.52. The molecule has 0 aliphatic rings. The molecule has 3 aromatic rings. The number of benzene rings is 1. The summed E-state index contributed by atoms with van der Waals surface area (Å²) in [7, 11) is 1.80. The van der Waals surface area contributed by atoms with Crippen LogP contribution in [-0.2, 0) is 13.1 Å². The lowest BCUT2D eigenvalue weighted by atomic mass is 10.0. The topological polar surface area (TPSA) is 63.1 Å². The number of urea groups is 1. The van der Waals surface area contributed by atoms with Crippen LogP contribution >= 0.6 is 0 Å². The van der Waals surface area contributed by atoms with Crippen molar-refractivity contribution in [2.75, 3.05) is 12.4 Å². The molecular weight excluding hydrogens is 326 g/mol. The van der Waals surface area contributed by atoms with Gasteiger partial charge in [0.05, 0.1) is 12.2 Å². The molecule has 0 atom stereocenters. The van der Waals surface area contributed by atoms with Gasteiger partial charge >= 0.3 is 6.03 Å². The quantitative estimate of drug-likeness (QED) is 0.765. The molecule has 0 bridgehead atoms. The minimum atomic E-state index is -0.149. The molecule has 6 nitrogen and oxygen atoms in total. The fourth-order valence-electron chi connectivity index (χ4n) is 2.83. The molecule has 2 heterocycles. The Kier molecular flexibility index (Phi) is 5.31. The number of aromatic nitrogens is 3. The largest absolute Gasteiger partial charge is 0.323 e. The maximum absolute atomic E-state index is 12.5. The van der Waals surface area contributed by atoms with Crippen LogP contribution in [0.5, 0.6) is 0 Å². The van der Waals surface area contributed by atoms with E-state index in [1.165, 1.54) is 16.7 Å². The molecule has 26 heavy (non-hydrogen) atoms. The minimum Gasteiger partial charge on any atom is -0.323 e. The van der Waals surface area contributed by atoms with Crippen molar-refractivity contribution in [1.29, 1.82) is 0 Å². The number of amides is 2. The zero-order chi connectivity index (χ0) is 18.5. The van der Waals surface area contributed by atoms with Crippen molar-refractivity contribution in [3.63, 3.8) is 0 Å². The molecule has 1 aromatic carbocycles. The van der Waals surface area contributed by atoms with Crippen LogP contribution in [0.1, 0.15) is 22.4 Å². The van der Waals surface area contributed by atoms with Crippen LogP contribution in [0, 0.1) is 13.8 Å². The van der Waals surface area contributed by atoms with Gasteiger partial charge in [0.1, 0.15) is 0 Å². The number of nitrogens with one attached hydrogen (secondary N) is 1. The first kappa shape index (κ1) is 17.7. The molecule has 0 saturated heterocycles. The molecule has 0 aliphatic carbocycles. The fraction of sp³-hybridized carbons (Fsp3) is 0.250. The Balaban J connectivity index is 1.65.